The number of benzene rings is 1. The molecule has 0 aliphatic rings. The third-order valence-corrected chi connectivity index (χ3v) is 3.15. The maximum Gasteiger partial charge on any atom is 0.134 e. The molecule has 0 saturated carbocycles. The fraction of sp³-hybridized carbons (Fsp3) is 0.375. The summed E-state index contributed by atoms with van der Waals surface area (Å²) in [6.07, 6.45) is 1.01. The Hall–Kier alpha value is -1.000. The van der Waals surface area contributed by atoms with E-state index in [-0.39, 0.29) is 12.4 Å². The molecule has 21 heavy (non-hydrogen) atoms. The van der Waals surface area contributed by atoms with Crippen molar-refractivity contribution in [2.75, 3.05) is 19.8 Å². The minimum Gasteiger partial charge on any atom is -1.00 e. The molecule has 0 spiro atoms. The van der Waals surface area contributed by atoms with Gasteiger partial charge in [-0.15, -0.1) is 0 Å². The van der Waals surface area contributed by atoms with Gasteiger partial charge >= 0.3 is 0 Å². The highest BCUT2D eigenvalue weighted by Crippen LogP contribution is 2.24. The fourth-order valence-electron chi connectivity index (χ4n) is 1.92. The molecule has 0 unspecified atom stereocenters. The molecule has 1 heterocycles. The molecule has 3 nitrogen and oxygen atoms in total. The SMILES string of the molecule is CCOCCCNCc1ccc(-c2cccc(Cl)c2)o1.[Cl-]. The zero-order valence-electron chi connectivity index (χ0n) is 12.1. The van der Waals surface area contributed by atoms with Crippen LogP contribution in [0.15, 0.2) is 40.8 Å². The second-order valence-corrected chi connectivity index (χ2v) is 4.94. The summed E-state index contributed by atoms with van der Waals surface area (Å²) in [5, 5.41) is 4.05. The summed E-state index contributed by atoms with van der Waals surface area (Å²) in [4.78, 5) is 0. The summed E-state index contributed by atoms with van der Waals surface area (Å²) in [6, 6.07) is 11.6. The molecule has 116 valence electrons. The van der Waals surface area contributed by atoms with Gasteiger partial charge in [-0.2, -0.15) is 0 Å². The van der Waals surface area contributed by atoms with E-state index in [9.17, 15) is 0 Å². The van der Waals surface area contributed by atoms with Crippen LogP contribution in [0.4, 0.5) is 0 Å². The van der Waals surface area contributed by atoms with Crippen molar-refractivity contribution >= 4 is 11.6 Å². The van der Waals surface area contributed by atoms with Gasteiger partial charge in [-0.25, -0.2) is 0 Å². The molecule has 1 N–H and O–H groups in total. The predicted molar refractivity (Wildman–Crippen MR) is 82.0 cm³/mol. The molecule has 0 fully saturated rings. The van der Waals surface area contributed by atoms with E-state index in [1.54, 1.807) is 0 Å². The van der Waals surface area contributed by atoms with Crippen LogP contribution in [0, 0.1) is 0 Å². The fourth-order valence-corrected chi connectivity index (χ4v) is 2.12. The van der Waals surface area contributed by atoms with Crippen LogP contribution in [0.3, 0.4) is 0 Å². The maximum absolute atomic E-state index is 5.98. The van der Waals surface area contributed by atoms with Crippen LogP contribution in [-0.4, -0.2) is 19.8 Å². The lowest BCUT2D eigenvalue weighted by Gasteiger charge is -2.03. The van der Waals surface area contributed by atoms with Crippen LogP contribution in [0.1, 0.15) is 19.1 Å². The molecule has 2 aromatic rings. The van der Waals surface area contributed by atoms with Crippen LogP contribution in [-0.2, 0) is 11.3 Å². The van der Waals surface area contributed by atoms with Crippen molar-refractivity contribution in [3.63, 3.8) is 0 Å². The molecule has 1 aromatic carbocycles. The van der Waals surface area contributed by atoms with Crippen LogP contribution in [0.5, 0.6) is 0 Å². The number of ether oxygens (including phenoxy) is 1. The molecule has 2 rings (SSSR count). The van der Waals surface area contributed by atoms with Crippen molar-refractivity contribution in [2.24, 2.45) is 0 Å². The second-order valence-electron chi connectivity index (χ2n) is 4.50. The average molecular weight is 329 g/mol. The first-order chi connectivity index (χ1) is 9.79. The lowest BCUT2D eigenvalue weighted by atomic mass is 10.2. The standard InChI is InChI=1S/C16H20ClNO2.ClH/c1-2-19-10-4-9-18-12-15-7-8-16(20-15)13-5-3-6-14(17)11-13;/h3,5-8,11,18H,2,4,9-10,12H2,1H3;1H/p-1. The Labute approximate surface area is 137 Å². The molecule has 0 aliphatic carbocycles. The smallest absolute Gasteiger partial charge is 0.134 e. The van der Waals surface area contributed by atoms with Crippen LogP contribution >= 0.6 is 11.6 Å². The number of halogens is 2. The highest BCUT2D eigenvalue weighted by Gasteiger charge is 2.04. The number of hydrogen-bond acceptors (Lipinski definition) is 3. The summed E-state index contributed by atoms with van der Waals surface area (Å²) in [5.41, 5.74) is 1.00. The molecular formula is C16H20Cl2NO2-. The molecule has 0 atom stereocenters. The lowest BCUT2D eigenvalue weighted by molar-refractivity contribution is -0.00000544. The Morgan fingerprint density at radius 1 is 1.24 bits per heavy atom. The van der Waals surface area contributed by atoms with Gasteiger partial charge in [0.15, 0.2) is 0 Å². The van der Waals surface area contributed by atoms with E-state index < -0.39 is 0 Å². The van der Waals surface area contributed by atoms with Crippen molar-refractivity contribution in [1.29, 1.82) is 0 Å². The largest absolute Gasteiger partial charge is 1.00 e. The van der Waals surface area contributed by atoms with Crippen molar-refractivity contribution in [3.8, 4) is 11.3 Å². The van der Waals surface area contributed by atoms with E-state index in [1.807, 2.05) is 43.3 Å². The lowest BCUT2D eigenvalue weighted by Crippen LogP contribution is -3.00. The third-order valence-electron chi connectivity index (χ3n) is 2.92. The number of nitrogens with one attached hydrogen (secondary N) is 1. The van der Waals surface area contributed by atoms with Gasteiger partial charge in [-0.3, -0.25) is 0 Å². The van der Waals surface area contributed by atoms with Gasteiger partial charge in [0.2, 0.25) is 0 Å². The Bertz CT molecular complexity index is 529. The number of rotatable bonds is 8. The molecule has 1 aromatic heterocycles. The topological polar surface area (TPSA) is 34.4 Å². The summed E-state index contributed by atoms with van der Waals surface area (Å²) in [6.45, 7) is 5.24. The normalized spacial score (nSPS) is 10.4. The minimum absolute atomic E-state index is 0. The Morgan fingerprint density at radius 3 is 2.86 bits per heavy atom. The van der Waals surface area contributed by atoms with Gasteiger partial charge in [-0.1, -0.05) is 23.7 Å². The van der Waals surface area contributed by atoms with E-state index in [4.69, 9.17) is 20.8 Å². The van der Waals surface area contributed by atoms with Crippen LogP contribution in [0.25, 0.3) is 11.3 Å². The summed E-state index contributed by atoms with van der Waals surface area (Å²) in [5.74, 6) is 1.77. The van der Waals surface area contributed by atoms with Crippen LogP contribution < -0.4 is 17.7 Å². The van der Waals surface area contributed by atoms with Gasteiger partial charge in [0.25, 0.3) is 0 Å². The number of furan rings is 1. The van der Waals surface area contributed by atoms with Crippen molar-refractivity contribution in [2.45, 2.75) is 19.9 Å². The van der Waals surface area contributed by atoms with Crippen molar-refractivity contribution in [1.82, 2.24) is 5.32 Å². The third kappa shape index (κ3) is 6.10. The molecular weight excluding hydrogens is 309 g/mol. The maximum atomic E-state index is 5.98. The van der Waals surface area contributed by atoms with Gasteiger partial charge in [0, 0.05) is 23.8 Å². The molecule has 0 aliphatic heterocycles. The monoisotopic (exact) mass is 328 g/mol. The van der Waals surface area contributed by atoms with E-state index in [0.29, 0.717) is 0 Å². The summed E-state index contributed by atoms with van der Waals surface area (Å²) in [7, 11) is 0. The zero-order chi connectivity index (χ0) is 14.2. The highest BCUT2D eigenvalue weighted by molar-refractivity contribution is 6.30. The van der Waals surface area contributed by atoms with E-state index in [1.165, 1.54) is 0 Å². The summed E-state index contributed by atoms with van der Waals surface area (Å²) >= 11 is 5.98. The molecule has 0 bridgehead atoms. The number of hydrogen-bond donors (Lipinski definition) is 1. The van der Waals surface area contributed by atoms with E-state index in [0.717, 1.165) is 54.8 Å². The van der Waals surface area contributed by atoms with E-state index in [2.05, 4.69) is 5.32 Å². The quantitative estimate of drug-likeness (QED) is 0.737. The van der Waals surface area contributed by atoms with Gasteiger partial charge in [0.05, 0.1) is 6.54 Å². The van der Waals surface area contributed by atoms with Crippen LogP contribution in [0.2, 0.25) is 5.02 Å². The summed E-state index contributed by atoms with van der Waals surface area (Å²) < 4.78 is 11.1. The molecule has 0 radical (unpaired) electrons. The Morgan fingerprint density at radius 2 is 2.10 bits per heavy atom. The molecule has 0 saturated heterocycles. The van der Waals surface area contributed by atoms with Crippen molar-refractivity contribution < 1.29 is 21.6 Å². The highest BCUT2D eigenvalue weighted by atomic mass is 35.5. The Kier molecular flexibility index (Phi) is 8.47. The zero-order valence-corrected chi connectivity index (χ0v) is 13.6. The van der Waals surface area contributed by atoms with Gasteiger partial charge in [0.1, 0.15) is 11.5 Å². The predicted octanol–water partition coefficient (Wildman–Crippen LogP) is 1.12. The van der Waals surface area contributed by atoms with E-state index >= 15 is 0 Å². The molecule has 0 amide bonds. The first kappa shape index (κ1) is 18.1. The second kappa shape index (κ2) is 9.85. The first-order valence-corrected chi connectivity index (χ1v) is 7.30. The van der Waals surface area contributed by atoms with Gasteiger partial charge < -0.3 is 26.9 Å². The first-order valence-electron chi connectivity index (χ1n) is 6.92. The Balaban J connectivity index is 0.00000220. The average Bonchev–Trinajstić information content (AvgIpc) is 2.91. The van der Waals surface area contributed by atoms with Crippen molar-refractivity contribution in [3.05, 3.63) is 47.2 Å². The van der Waals surface area contributed by atoms with Gasteiger partial charge in [-0.05, 0) is 44.2 Å². The molecule has 5 heteroatoms. The minimum atomic E-state index is 0.